The standard InChI is InChI=1S/C13H16F3NO2S/c1-17-9(13(14,15)16)8-20-12-5-2-11(3-6-12,4-7-12)10(18)19/h8H,1-7H2,(H,18,19)/b9-8-. The molecule has 0 amide bonds. The zero-order valence-electron chi connectivity index (χ0n) is 10.9. The summed E-state index contributed by atoms with van der Waals surface area (Å²) in [6.45, 7) is 2.95. The van der Waals surface area contributed by atoms with Gasteiger partial charge in [0.25, 0.3) is 0 Å². The van der Waals surface area contributed by atoms with E-state index in [4.69, 9.17) is 0 Å². The second kappa shape index (κ2) is 5.09. The fourth-order valence-corrected chi connectivity index (χ4v) is 4.25. The molecule has 0 spiro atoms. The van der Waals surface area contributed by atoms with E-state index < -0.39 is 23.3 Å². The number of aliphatic carboxylic acids is 1. The van der Waals surface area contributed by atoms with Gasteiger partial charge < -0.3 is 5.11 Å². The number of allylic oxidation sites excluding steroid dienone is 1. The molecule has 1 N–H and O–H groups in total. The molecule has 3 rings (SSSR count). The number of carboxylic acids is 1. The third-order valence-corrected chi connectivity index (χ3v) is 5.97. The Morgan fingerprint density at radius 3 is 2.05 bits per heavy atom. The van der Waals surface area contributed by atoms with Crippen molar-refractivity contribution in [3.05, 3.63) is 11.1 Å². The van der Waals surface area contributed by atoms with Gasteiger partial charge in [-0.2, -0.15) is 13.2 Å². The highest BCUT2D eigenvalue weighted by Gasteiger charge is 2.52. The maximum absolute atomic E-state index is 12.6. The number of carbonyl (C=O) groups is 1. The summed E-state index contributed by atoms with van der Waals surface area (Å²) in [6, 6.07) is 0. The average molecular weight is 307 g/mol. The molecular formula is C13H16F3NO2S. The summed E-state index contributed by atoms with van der Waals surface area (Å²) in [7, 11) is 0. The summed E-state index contributed by atoms with van der Waals surface area (Å²) in [4.78, 5) is 14.3. The van der Waals surface area contributed by atoms with Crippen molar-refractivity contribution in [2.24, 2.45) is 10.4 Å². The van der Waals surface area contributed by atoms with Gasteiger partial charge in [0, 0.05) is 10.2 Å². The Labute approximate surface area is 119 Å². The molecule has 3 fully saturated rings. The molecule has 3 saturated carbocycles. The molecule has 0 radical (unpaired) electrons. The third kappa shape index (κ3) is 2.73. The number of alkyl halides is 3. The van der Waals surface area contributed by atoms with Gasteiger partial charge in [-0.25, -0.2) is 0 Å². The molecule has 0 saturated heterocycles. The van der Waals surface area contributed by atoms with Crippen LogP contribution in [0.25, 0.3) is 0 Å². The predicted octanol–water partition coefficient (Wildman–Crippen LogP) is 4.00. The molecule has 112 valence electrons. The molecule has 0 unspecified atom stereocenters. The van der Waals surface area contributed by atoms with Crippen molar-refractivity contribution in [3.8, 4) is 0 Å². The Morgan fingerprint density at radius 2 is 1.70 bits per heavy atom. The van der Waals surface area contributed by atoms with E-state index in [2.05, 4.69) is 11.7 Å². The van der Waals surface area contributed by atoms with E-state index >= 15 is 0 Å². The Bertz CT molecular complexity index is 434. The molecule has 20 heavy (non-hydrogen) atoms. The maximum Gasteiger partial charge on any atom is 0.433 e. The third-order valence-electron chi connectivity index (χ3n) is 4.51. The molecule has 0 aliphatic heterocycles. The van der Waals surface area contributed by atoms with E-state index in [-0.39, 0.29) is 4.75 Å². The Morgan fingerprint density at radius 1 is 1.20 bits per heavy atom. The van der Waals surface area contributed by atoms with E-state index in [1.165, 1.54) is 0 Å². The lowest BCUT2D eigenvalue weighted by Gasteiger charge is -2.50. The SMILES string of the molecule is C=N/C(=C\SC12CCC(C(=O)O)(CC1)CC2)C(F)(F)F. The zero-order chi connectivity index (χ0) is 15.0. The van der Waals surface area contributed by atoms with Crippen LogP contribution < -0.4 is 0 Å². The number of thioether (sulfide) groups is 1. The van der Waals surface area contributed by atoms with Crippen LogP contribution in [0, 0.1) is 5.41 Å². The fraction of sp³-hybridized carbons (Fsp3) is 0.692. The smallest absolute Gasteiger partial charge is 0.433 e. The van der Waals surface area contributed by atoms with E-state index in [0.29, 0.717) is 38.5 Å². The van der Waals surface area contributed by atoms with E-state index in [1.54, 1.807) is 0 Å². The molecule has 0 heterocycles. The quantitative estimate of drug-likeness (QED) is 0.799. The van der Waals surface area contributed by atoms with Crippen molar-refractivity contribution >= 4 is 24.4 Å². The largest absolute Gasteiger partial charge is 0.481 e. The second-order valence-electron chi connectivity index (χ2n) is 5.55. The van der Waals surface area contributed by atoms with Gasteiger partial charge in [0.1, 0.15) is 5.70 Å². The van der Waals surface area contributed by atoms with Gasteiger partial charge in [0.2, 0.25) is 0 Å². The Balaban J connectivity index is 2.08. The minimum atomic E-state index is -4.49. The minimum absolute atomic E-state index is 0.265. The molecule has 0 aromatic heterocycles. The summed E-state index contributed by atoms with van der Waals surface area (Å²) in [5, 5.41) is 10.3. The number of hydrogen-bond acceptors (Lipinski definition) is 3. The van der Waals surface area contributed by atoms with Crippen molar-refractivity contribution in [1.82, 2.24) is 0 Å². The normalized spacial score (nSPS) is 34.0. The van der Waals surface area contributed by atoms with Crippen LogP contribution in [0.3, 0.4) is 0 Å². The number of hydrogen-bond donors (Lipinski definition) is 1. The number of halogens is 3. The molecule has 0 aromatic carbocycles. The maximum atomic E-state index is 12.6. The van der Waals surface area contributed by atoms with Gasteiger partial charge in [-0.05, 0) is 45.2 Å². The highest BCUT2D eigenvalue weighted by atomic mass is 32.2. The van der Waals surface area contributed by atoms with Crippen molar-refractivity contribution in [2.75, 3.05) is 0 Å². The highest BCUT2D eigenvalue weighted by Crippen LogP contribution is 2.58. The molecule has 0 atom stereocenters. The molecule has 3 nitrogen and oxygen atoms in total. The summed E-state index contributed by atoms with van der Waals surface area (Å²) >= 11 is 1.14. The van der Waals surface area contributed by atoms with E-state index in [0.717, 1.165) is 17.2 Å². The highest BCUT2D eigenvalue weighted by molar-refractivity contribution is 8.03. The second-order valence-corrected chi connectivity index (χ2v) is 6.88. The van der Waals surface area contributed by atoms with E-state index in [1.807, 2.05) is 0 Å². The number of rotatable bonds is 4. The van der Waals surface area contributed by atoms with Crippen LogP contribution in [0.1, 0.15) is 38.5 Å². The van der Waals surface area contributed by atoms with Gasteiger partial charge in [-0.15, -0.1) is 11.8 Å². The van der Waals surface area contributed by atoms with Gasteiger partial charge in [-0.1, -0.05) is 0 Å². The predicted molar refractivity (Wildman–Crippen MR) is 71.8 cm³/mol. The van der Waals surface area contributed by atoms with E-state index in [9.17, 15) is 23.1 Å². The monoisotopic (exact) mass is 307 g/mol. The first kappa shape index (κ1) is 15.4. The first-order valence-electron chi connectivity index (χ1n) is 6.38. The van der Waals surface area contributed by atoms with Crippen LogP contribution in [-0.4, -0.2) is 28.7 Å². The number of nitrogens with zero attached hydrogens (tertiary/aromatic N) is 1. The molecule has 3 aliphatic carbocycles. The van der Waals surface area contributed by atoms with Crippen molar-refractivity contribution in [2.45, 2.75) is 49.4 Å². The van der Waals surface area contributed by atoms with Crippen molar-refractivity contribution in [3.63, 3.8) is 0 Å². The topological polar surface area (TPSA) is 49.7 Å². The average Bonchev–Trinajstić information content (AvgIpc) is 2.39. The number of carboxylic acid groups (broad SMARTS) is 1. The Hall–Kier alpha value is -0.980. The summed E-state index contributed by atoms with van der Waals surface area (Å²) in [5.74, 6) is -0.768. The lowest BCUT2D eigenvalue weighted by Crippen LogP contribution is -2.47. The van der Waals surface area contributed by atoms with Crippen LogP contribution in [0.4, 0.5) is 13.2 Å². The Kier molecular flexibility index (Phi) is 3.92. The summed E-state index contributed by atoms with van der Waals surface area (Å²) in [5.41, 5.74) is -1.62. The van der Waals surface area contributed by atoms with Gasteiger partial charge in [0.05, 0.1) is 5.41 Å². The van der Waals surface area contributed by atoms with Crippen LogP contribution in [0.2, 0.25) is 0 Å². The van der Waals surface area contributed by atoms with Crippen LogP contribution in [-0.2, 0) is 4.79 Å². The van der Waals surface area contributed by atoms with Crippen molar-refractivity contribution in [1.29, 1.82) is 0 Å². The van der Waals surface area contributed by atoms with Gasteiger partial charge in [-0.3, -0.25) is 9.79 Å². The molecule has 3 aliphatic rings. The lowest BCUT2D eigenvalue weighted by molar-refractivity contribution is -0.154. The number of aliphatic imine (C=N–C) groups is 1. The number of fused-ring (bicyclic) bond motifs is 3. The summed E-state index contributed by atoms with van der Waals surface area (Å²) in [6.07, 6.45) is -0.919. The zero-order valence-corrected chi connectivity index (χ0v) is 11.7. The molecule has 7 heteroatoms. The first-order chi connectivity index (χ1) is 9.23. The fourth-order valence-electron chi connectivity index (χ4n) is 3.02. The van der Waals surface area contributed by atoms with Crippen LogP contribution >= 0.6 is 11.8 Å². The first-order valence-corrected chi connectivity index (χ1v) is 7.26. The minimum Gasteiger partial charge on any atom is -0.481 e. The van der Waals surface area contributed by atoms with Gasteiger partial charge >= 0.3 is 12.1 Å². The van der Waals surface area contributed by atoms with Crippen molar-refractivity contribution < 1.29 is 23.1 Å². The molecular weight excluding hydrogens is 291 g/mol. The van der Waals surface area contributed by atoms with Crippen LogP contribution in [0.15, 0.2) is 16.1 Å². The summed E-state index contributed by atoms with van der Waals surface area (Å²) < 4.78 is 37.5. The van der Waals surface area contributed by atoms with Crippen LogP contribution in [0.5, 0.6) is 0 Å². The van der Waals surface area contributed by atoms with Gasteiger partial charge in [0.15, 0.2) is 0 Å². The molecule has 0 aromatic rings. The molecule has 2 bridgehead atoms. The lowest BCUT2D eigenvalue weighted by atomic mass is 9.60.